The van der Waals surface area contributed by atoms with Crippen molar-refractivity contribution in [3.05, 3.63) is 28.8 Å². The molecule has 0 aliphatic rings. The van der Waals surface area contributed by atoms with Crippen LogP contribution in [0.15, 0.2) is 18.2 Å². The quantitative estimate of drug-likeness (QED) is 0.781. The van der Waals surface area contributed by atoms with Crippen LogP contribution in [0.3, 0.4) is 0 Å². The Morgan fingerprint density at radius 2 is 1.96 bits per heavy atom. The molecule has 0 saturated carbocycles. The number of nitrogens with one attached hydrogen (secondary N) is 1. The van der Waals surface area contributed by atoms with Gasteiger partial charge in [-0.2, -0.15) is 17.5 Å². The summed E-state index contributed by atoms with van der Waals surface area (Å²) in [6, 6.07) is 2.52. The molecule has 0 heterocycles. The first-order chi connectivity index (χ1) is 10.9. The second kappa shape index (κ2) is 8.17. The fraction of sp³-hybridized carbons (Fsp3) is 0.500. The summed E-state index contributed by atoms with van der Waals surface area (Å²) in [7, 11) is -3.61. The van der Waals surface area contributed by atoms with E-state index in [4.69, 9.17) is 11.6 Å². The van der Waals surface area contributed by atoms with Crippen molar-refractivity contribution in [1.82, 2.24) is 4.31 Å². The van der Waals surface area contributed by atoms with Crippen LogP contribution in [-0.4, -0.2) is 38.0 Å². The Morgan fingerprint density at radius 3 is 2.46 bits per heavy atom. The molecule has 1 aromatic carbocycles. The number of unbranched alkanes of at least 4 members (excludes halogenated alkanes) is 1. The van der Waals surface area contributed by atoms with Crippen molar-refractivity contribution < 1.29 is 26.4 Å². The number of amides is 1. The first kappa shape index (κ1) is 20.7. The molecule has 1 N–H and O–H groups in total. The smallest absolute Gasteiger partial charge is 0.324 e. The maximum atomic E-state index is 12.7. The molecule has 5 nitrogen and oxygen atoms in total. The molecule has 24 heavy (non-hydrogen) atoms. The standard InChI is InChI=1S/C14H18ClF3N2O3S/c1-3-4-7-20(24(2,22)23)9-13(21)19-12-8-10(14(16,17)18)5-6-11(12)15/h5-6,8H,3-4,7,9H2,1-2H3,(H,19,21). The number of halogens is 4. The average molecular weight is 387 g/mol. The third kappa shape index (κ3) is 6.29. The maximum Gasteiger partial charge on any atom is 0.416 e. The molecule has 0 fully saturated rings. The van der Waals surface area contributed by atoms with Crippen molar-refractivity contribution in [2.75, 3.05) is 24.7 Å². The highest BCUT2D eigenvalue weighted by Crippen LogP contribution is 2.33. The molecule has 0 spiro atoms. The molecule has 1 amide bonds. The van der Waals surface area contributed by atoms with Crippen LogP contribution in [0.25, 0.3) is 0 Å². The molecule has 0 saturated heterocycles. The second-order valence-electron chi connectivity index (χ2n) is 5.19. The fourth-order valence-electron chi connectivity index (χ4n) is 1.84. The van der Waals surface area contributed by atoms with Gasteiger partial charge in [0.25, 0.3) is 0 Å². The van der Waals surface area contributed by atoms with Gasteiger partial charge in [0.2, 0.25) is 15.9 Å². The summed E-state index contributed by atoms with van der Waals surface area (Å²) in [5.41, 5.74) is -1.19. The molecule has 0 aromatic heterocycles. The zero-order valence-corrected chi connectivity index (χ0v) is 14.7. The molecule has 0 atom stereocenters. The minimum atomic E-state index is -4.58. The molecule has 136 valence electrons. The van der Waals surface area contributed by atoms with Crippen molar-refractivity contribution in [3.8, 4) is 0 Å². The minimum absolute atomic E-state index is 0.0733. The van der Waals surface area contributed by atoms with Gasteiger partial charge in [0.15, 0.2) is 0 Å². The summed E-state index contributed by atoms with van der Waals surface area (Å²) in [4.78, 5) is 12.0. The fourth-order valence-corrected chi connectivity index (χ4v) is 2.82. The maximum absolute atomic E-state index is 12.7. The molecule has 10 heteroatoms. The number of alkyl halides is 3. The number of anilines is 1. The number of carbonyl (C=O) groups excluding carboxylic acids is 1. The van der Waals surface area contributed by atoms with E-state index in [1.54, 1.807) is 0 Å². The van der Waals surface area contributed by atoms with Gasteiger partial charge in [0, 0.05) is 6.54 Å². The summed E-state index contributed by atoms with van der Waals surface area (Å²) in [5, 5.41) is 2.15. The van der Waals surface area contributed by atoms with Gasteiger partial charge in [-0.05, 0) is 24.6 Å². The van der Waals surface area contributed by atoms with Crippen LogP contribution in [0.2, 0.25) is 5.02 Å². The van der Waals surface area contributed by atoms with Crippen LogP contribution in [0, 0.1) is 0 Å². The third-order valence-corrected chi connectivity index (χ3v) is 4.70. The molecule has 0 radical (unpaired) electrons. The van der Waals surface area contributed by atoms with E-state index in [2.05, 4.69) is 5.32 Å². The Balaban J connectivity index is 2.90. The van der Waals surface area contributed by atoms with E-state index >= 15 is 0 Å². The zero-order chi connectivity index (χ0) is 18.5. The summed E-state index contributed by atoms with van der Waals surface area (Å²) in [6.45, 7) is 1.52. The third-order valence-electron chi connectivity index (χ3n) is 3.12. The Labute approximate surface area is 143 Å². The van der Waals surface area contributed by atoms with E-state index in [0.29, 0.717) is 12.5 Å². The van der Waals surface area contributed by atoms with Gasteiger partial charge < -0.3 is 5.32 Å². The summed E-state index contributed by atoms with van der Waals surface area (Å²) < 4.78 is 62.4. The molecule has 0 unspecified atom stereocenters. The lowest BCUT2D eigenvalue weighted by Crippen LogP contribution is -2.38. The highest BCUT2D eigenvalue weighted by molar-refractivity contribution is 7.88. The Bertz CT molecular complexity index is 693. The van der Waals surface area contributed by atoms with E-state index < -0.39 is 34.2 Å². The lowest BCUT2D eigenvalue weighted by molar-refractivity contribution is -0.137. The lowest BCUT2D eigenvalue weighted by atomic mass is 10.2. The van der Waals surface area contributed by atoms with Gasteiger partial charge in [0.1, 0.15) is 0 Å². The van der Waals surface area contributed by atoms with Gasteiger partial charge in [-0.25, -0.2) is 8.42 Å². The number of carbonyl (C=O) groups is 1. The van der Waals surface area contributed by atoms with Crippen molar-refractivity contribution >= 4 is 33.2 Å². The van der Waals surface area contributed by atoms with Crippen LogP contribution in [0.1, 0.15) is 25.3 Å². The van der Waals surface area contributed by atoms with Crippen molar-refractivity contribution in [1.29, 1.82) is 0 Å². The summed E-state index contributed by atoms with van der Waals surface area (Å²) in [5.74, 6) is -0.766. The number of nitrogens with zero attached hydrogens (tertiary/aromatic N) is 1. The summed E-state index contributed by atoms with van der Waals surface area (Å²) in [6.07, 6.45) is -2.32. The van der Waals surface area contributed by atoms with Gasteiger partial charge in [0.05, 0.1) is 29.1 Å². The molecule has 1 aromatic rings. The predicted molar refractivity (Wildman–Crippen MR) is 86.4 cm³/mol. The van der Waals surface area contributed by atoms with E-state index in [9.17, 15) is 26.4 Å². The van der Waals surface area contributed by atoms with Crippen LogP contribution >= 0.6 is 11.6 Å². The van der Waals surface area contributed by atoms with Crippen LogP contribution in [0.4, 0.5) is 18.9 Å². The Hall–Kier alpha value is -1.32. The Kier molecular flexibility index (Phi) is 7.06. The van der Waals surface area contributed by atoms with E-state index in [1.807, 2.05) is 6.92 Å². The first-order valence-corrected chi connectivity index (χ1v) is 9.29. The Morgan fingerprint density at radius 1 is 1.33 bits per heavy atom. The molecule has 1 rings (SSSR count). The van der Waals surface area contributed by atoms with Crippen LogP contribution in [-0.2, 0) is 21.0 Å². The van der Waals surface area contributed by atoms with Gasteiger partial charge in [-0.3, -0.25) is 4.79 Å². The minimum Gasteiger partial charge on any atom is -0.324 e. The molecule has 0 aliphatic carbocycles. The lowest BCUT2D eigenvalue weighted by Gasteiger charge is -2.19. The predicted octanol–water partition coefficient (Wildman–Crippen LogP) is 3.36. The van der Waals surface area contributed by atoms with E-state index in [-0.39, 0.29) is 17.3 Å². The monoisotopic (exact) mass is 386 g/mol. The summed E-state index contributed by atoms with van der Waals surface area (Å²) >= 11 is 5.79. The zero-order valence-electron chi connectivity index (χ0n) is 13.2. The van der Waals surface area contributed by atoms with E-state index in [1.165, 1.54) is 0 Å². The van der Waals surface area contributed by atoms with Gasteiger partial charge >= 0.3 is 6.18 Å². The van der Waals surface area contributed by atoms with Crippen LogP contribution in [0.5, 0.6) is 0 Å². The number of hydrogen-bond acceptors (Lipinski definition) is 3. The van der Waals surface area contributed by atoms with Crippen LogP contribution < -0.4 is 5.32 Å². The molecular formula is C14H18ClF3N2O3S. The van der Waals surface area contributed by atoms with Crippen molar-refractivity contribution in [2.45, 2.75) is 25.9 Å². The topological polar surface area (TPSA) is 66.5 Å². The SMILES string of the molecule is CCCCN(CC(=O)Nc1cc(C(F)(F)F)ccc1Cl)S(C)(=O)=O. The second-order valence-corrected chi connectivity index (χ2v) is 7.58. The van der Waals surface area contributed by atoms with E-state index in [0.717, 1.165) is 29.1 Å². The number of rotatable bonds is 7. The molecule has 0 bridgehead atoms. The first-order valence-electron chi connectivity index (χ1n) is 7.07. The van der Waals surface area contributed by atoms with Crippen molar-refractivity contribution in [2.24, 2.45) is 0 Å². The normalized spacial score (nSPS) is 12.5. The highest BCUT2D eigenvalue weighted by Gasteiger charge is 2.31. The highest BCUT2D eigenvalue weighted by atomic mass is 35.5. The van der Waals surface area contributed by atoms with Gasteiger partial charge in [-0.1, -0.05) is 24.9 Å². The number of hydrogen-bond donors (Lipinski definition) is 1. The average Bonchev–Trinajstić information content (AvgIpc) is 2.43. The largest absolute Gasteiger partial charge is 0.416 e. The number of sulfonamides is 1. The molecule has 0 aliphatic heterocycles. The van der Waals surface area contributed by atoms with Gasteiger partial charge in [-0.15, -0.1) is 0 Å². The van der Waals surface area contributed by atoms with Crippen molar-refractivity contribution in [3.63, 3.8) is 0 Å². The molecular weight excluding hydrogens is 369 g/mol. The number of benzene rings is 1.